The molecule has 0 saturated carbocycles. The maximum Gasteiger partial charge on any atom is 0.236 e. The van der Waals surface area contributed by atoms with Gasteiger partial charge >= 0.3 is 0 Å². The first-order valence-corrected chi connectivity index (χ1v) is 8.83. The van der Waals surface area contributed by atoms with E-state index in [1.807, 2.05) is 18.2 Å². The fourth-order valence-corrected chi connectivity index (χ4v) is 3.50. The zero-order valence-electron chi connectivity index (χ0n) is 14.8. The molecule has 2 aromatic carbocycles. The molecular weight excluding hydrogens is 366 g/mol. The summed E-state index contributed by atoms with van der Waals surface area (Å²) >= 11 is 0. The van der Waals surface area contributed by atoms with E-state index >= 15 is 0 Å². The van der Waals surface area contributed by atoms with Crippen molar-refractivity contribution in [1.82, 2.24) is 15.5 Å². The molecule has 28 heavy (non-hydrogen) atoms. The predicted octanol–water partition coefficient (Wildman–Crippen LogP) is 3.38. The van der Waals surface area contributed by atoms with Crippen LogP contribution in [0.15, 0.2) is 54.6 Å². The lowest BCUT2D eigenvalue weighted by atomic mass is 10.0. The van der Waals surface area contributed by atoms with Crippen molar-refractivity contribution >= 4 is 22.5 Å². The van der Waals surface area contributed by atoms with Crippen LogP contribution in [0.2, 0.25) is 0 Å². The standard InChI is InChI=1S/C20H18F2N4O2/c21-14-5-12(6-15(22)8-14)9-23-19(11-27)17-3-4-26(20(17)28)16-1-2-18-13(7-16)10-24-25-18/h1-2,5-8,10-11,17,23,27H,3-4,9H2,(H,24,25)/t17-/m1/s1. The van der Waals surface area contributed by atoms with E-state index in [-0.39, 0.29) is 12.5 Å². The average molecular weight is 384 g/mol. The highest BCUT2D eigenvalue weighted by molar-refractivity contribution is 6.00. The Morgan fingerprint density at radius 1 is 1.29 bits per heavy atom. The summed E-state index contributed by atoms with van der Waals surface area (Å²) in [5.41, 5.74) is 2.34. The summed E-state index contributed by atoms with van der Waals surface area (Å²) in [5.74, 6) is -2.06. The van der Waals surface area contributed by atoms with Gasteiger partial charge in [-0.05, 0) is 42.3 Å². The minimum atomic E-state index is -0.677. The van der Waals surface area contributed by atoms with Crippen LogP contribution in [0.5, 0.6) is 0 Å². The molecule has 0 unspecified atom stereocenters. The SMILES string of the molecule is O=C1[C@@H](C(=CO)NCc2cc(F)cc(F)c2)CCN1c1ccc2[nH]ncc2c1. The van der Waals surface area contributed by atoms with Crippen LogP contribution < -0.4 is 10.2 Å². The van der Waals surface area contributed by atoms with Gasteiger partial charge in [-0.2, -0.15) is 5.10 Å². The van der Waals surface area contributed by atoms with E-state index in [1.54, 1.807) is 11.1 Å². The van der Waals surface area contributed by atoms with Crippen molar-refractivity contribution in [3.63, 3.8) is 0 Å². The van der Waals surface area contributed by atoms with Gasteiger partial charge in [-0.25, -0.2) is 8.78 Å². The molecule has 2 heterocycles. The number of fused-ring (bicyclic) bond motifs is 1. The molecule has 3 aromatic rings. The first kappa shape index (κ1) is 18.0. The number of hydrogen-bond acceptors (Lipinski definition) is 4. The molecule has 6 nitrogen and oxygen atoms in total. The number of anilines is 1. The smallest absolute Gasteiger partial charge is 0.236 e. The van der Waals surface area contributed by atoms with Crippen molar-refractivity contribution in [2.24, 2.45) is 5.92 Å². The Labute approximate surface area is 159 Å². The molecule has 1 fully saturated rings. The lowest BCUT2D eigenvalue weighted by Gasteiger charge is -2.19. The Balaban J connectivity index is 1.48. The average Bonchev–Trinajstić information content (AvgIpc) is 3.28. The highest BCUT2D eigenvalue weighted by atomic mass is 19.1. The summed E-state index contributed by atoms with van der Waals surface area (Å²) in [6.07, 6.45) is 3.05. The lowest BCUT2D eigenvalue weighted by molar-refractivity contribution is -0.119. The molecule has 0 spiro atoms. The lowest BCUT2D eigenvalue weighted by Crippen LogP contribution is -2.30. The van der Waals surface area contributed by atoms with E-state index in [9.17, 15) is 18.7 Å². The fraction of sp³-hybridized carbons (Fsp3) is 0.200. The number of aromatic amines is 1. The monoisotopic (exact) mass is 384 g/mol. The Hall–Kier alpha value is -3.42. The second kappa shape index (κ2) is 7.30. The molecule has 1 aromatic heterocycles. The quantitative estimate of drug-likeness (QED) is 0.589. The number of halogens is 2. The zero-order valence-corrected chi connectivity index (χ0v) is 14.8. The Morgan fingerprint density at radius 2 is 2.07 bits per heavy atom. The molecule has 8 heteroatoms. The number of nitrogens with zero attached hydrogens (tertiary/aromatic N) is 2. The normalized spacial score (nSPS) is 17.5. The molecule has 0 radical (unpaired) electrons. The number of H-pyrrole nitrogens is 1. The zero-order chi connectivity index (χ0) is 19.7. The summed E-state index contributed by atoms with van der Waals surface area (Å²) in [4.78, 5) is 14.5. The van der Waals surface area contributed by atoms with E-state index in [4.69, 9.17) is 0 Å². The first-order chi connectivity index (χ1) is 13.5. The van der Waals surface area contributed by atoms with Crippen molar-refractivity contribution < 1.29 is 18.7 Å². The number of amides is 1. The molecule has 0 bridgehead atoms. The van der Waals surface area contributed by atoms with Gasteiger partial charge in [0.25, 0.3) is 0 Å². The summed E-state index contributed by atoms with van der Waals surface area (Å²) in [7, 11) is 0. The molecule has 1 amide bonds. The number of aliphatic hydroxyl groups is 1. The summed E-state index contributed by atoms with van der Waals surface area (Å²) in [5, 5.41) is 20.3. The van der Waals surface area contributed by atoms with Crippen LogP contribution in [0.1, 0.15) is 12.0 Å². The largest absolute Gasteiger partial charge is 0.514 e. The van der Waals surface area contributed by atoms with Crippen LogP contribution in [-0.4, -0.2) is 27.8 Å². The molecule has 1 atom stereocenters. The van der Waals surface area contributed by atoms with E-state index in [0.29, 0.717) is 24.2 Å². The third-order valence-electron chi connectivity index (χ3n) is 4.87. The maximum absolute atomic E-state index is 13.3. The van der Waals surface area contributed by atoms with Crippen molar-refractivity contribution in [3.8, 4) is 0 Å². The van der Waals surface area contributed by atoms with E-state index < -0.39 is 17.6 Å². The fourth-order valence-electron chi connectivity index (χ4n) is 3.50. The first-order valence-electron chi connectivity index (χ1n) is 8.83. The van der Waals surface area contributed by atoms with Gasteiger partial charge in [0.05, 0.1) is 29.6 Å². The summed E-state index contributed by atoms with van der Waals surface area (Å²) in [6, 6.07) is 8.78. The molecule has 4 rings (SSSR count). The number of rotatable bonds is 5. The Morgan fingerprint density at radius 3 is 2.82 bits per heavy atom. The van der Waals surface area contributed by atoms with Gasteiger partial charge in [0.1, 0.15) is 11.6 Å². The van der Waals surface area contributed by atoms with Crippen molar-refractivity contribution in [2.45, 2.75) is 13.0 Å². The van der Waals surface area contributed by atoms with Gasteiger partial charge in [-0.15, -0.1) is 0 Å². The van der Waals surface area contributed by atoms with Crippen LogP contribution in [0, 0.1) is 17.6 Å². The minimum absolute atomic E-state index is 0.0891. The van der Waals surface area contributed by atoms with Crippen molar-refractivity contribution in [2.75, 3.05) is 11.4 Å². The topological polar surface area (TPSA) is 81.2 Å². The van der Waals surface area contributed by atoms with Crippen molar-refractivity contribution in [1.29, 1.82) is 0 Å². The Kier molecular flexibility index (Phi) is 4.68. The summed E-state index contributed by atoms with van der Waals surface area (Å²) < 4.78 is 26.6. The van der Waals surface area contributed by atoms with Gasteiger partial charge in [0, 0.05) is 30.2 Å². The van der Waals surface area contributed by atoms with E-state index in [1.165, 1.54) is 12.1 Å². The Bertz CT molecular complexity index is 1040. The second-order valence-corrected chi connectivity index (χ2v) is 6.69. The number of aliphatic hydroxyl groups excluding tert-OH is 1. The number of benzene rings is 2. The predicted molar refractivity (Wildman–Crippen MR) is 100 cm³/mol. The third-order valence-corrected chi connectivity index (χ3v) is 4.87. The summed E-state index contributed by atoms with van der Waals surface area (Å²) in [6.45, 7) is 0.590. The molecule has 1 saturated heterocycles. The number of hydrogen-bond donors (Lipinski definition) is 3. The van der Waals surface area contributed by atoms with E-state index in [0.717, 1.165) is 28.9 Å². The van der Waals surface area contributed by atoms with Gasteiger partial charge < -0.3 is 15.3 Å². The molecule has 1 aliphatic rings. The van der Waals surface area contributed by atoms with Crippen LogP contribution in [0.25, 0.3) is 10.9 Å². The van der Waals surface area contributed by atoms with Crippen molar-refractivity contribution in [3.05, 3.63) is 71.8 Å². The molecule has 3 N–H and O–H groups in total. The number of carbonyl (C=O) groups excluding carboxylic acids is 1. The van der Waals surface area contributed by atoms with Gasteiger partial charge in [0.15, 0.2) is 0 Å². The molecule has 0 aliphatic carbocycles. The highest BCUT2D eigenvalue weighted by Gasteiger charge is 2.35. The van der Waals surface area contributed by atoms with Crippen LogP contribution in [0.4, 0.5) is 14.5 Å². The number of carbonyl (C=O) groups is 1. The van der Waals surface area contributed by atoms with Crippen LogP contribution in [-0.2, 0) is 11.3 Å². The molecular formula is C20H18F2N4O2. The second-order valence-electron chi connectivity index (χ2n) is 6.69. The number of nitrogens with one attached hydrogen (secondary N) is 2. The highest BCUT2D eigenvalue weighted by Crippen LogP contribution is 2.30. The van der Waals surface area contributed by atoms with Crippen LogP contribution >= 0.6 is 0 Å². The molecule has 1 aliphatic heterocycles. The van der Waals surface area contributed by atoms with Gasteiger partial charge in [0.2, 0.25) is 5.91 Å². The maximum atomic E-state index is 13.3. The van der Waals surface area contributed by atoms with Gasteiger partial charge in [-0.1, -0.05) is 0 Å². The minimum Gasteiger partial charge on any atom is -0.514 e. The van der Waals surface area contributed by atoms with E-state index in [2.05, 4.69) is 15.5 Å². The van der Waals surface area contributed by atoms with Crippen LogP contribution in [0.3, 0.4) is 0 Å². The van der Waals surface area contributed by atoms with Gasteiger partial charge in [-0.3, -0.25) is 9.89 Å². The molecule has 144 valence electrons. The third kappa shape index (κ3) is 3.40. The number of aromatic nitrogens is 2.